The molecule has 3 N–H and O–H groups in total. The maximum atomic E-state index is 12.3. The second-order valence-electron chi connectivity index (χ2n) is 7.22. The van der Waals surface area contributed by atoms with Gasteiger partial charge in [-0.25, -0.2) is 0 Å². The summed E-state index contributed by atoms with van der Waals surface area (Å²) in [6.45, 7) is 3.77. The summed E-state index contributed by atoms with van der Waals surface area (Å²) in [6.07, 6.45) is 6.07. The van der Waals surface area contributed by atoms with Crippen LogP contribution in [0, 0.1) is 0 Å². The van der Waals surface area contributed by atoms with Crippen LogP contribution in [0.3, 0.4) is 0 Å². The van der Waals surface area contributed by atoms with E-state index in [1.54, 1.807) is 6.26 Å². The summed E-state index contributed by atoms with van der Waals surface area (Å²) in [5.74, 6) is 0.148. The molecule has 1 aromatic carbocycles. The van der Waals surface area contributed by atoms with Gasteiger partial charge in [0.15, 0.2) is 0 Å². The Hall–Kier alpha value is -3.02. The van der Waals surface area contributed by atoms with Crippen molar-refractivity contribution in [3.8, 4) is 0 Å². The second kappa shape index (κ2) is 6.95. The molecule has 2 aliphatic rings. The van der Waals surface area contributed by atoms with Crippen molar-refractivity contribution in [1.82, 2.24) is 0 Å². The molecule has 6 nitrogen and oxygen atoms in total. The van der Waals surface area contributed by atoms with Crippen molar-refractivity contribution in [3.63, 3.8) is 0 Å². The highest BCUT2D eigenvalue weighted by atomic mass is 16.3. The van der Waals surface area contributed by atoms with Gasteiger partial charge in [-0.2, -0.15) is 0 Å². The number of nitrogens with one attached hydrogen (secondary N) is 1. The largest absolute Gasteiger partial charge is 0.465 e. The van der Waals surface area contributed by atoms with Crippen molar-refractivity contribution >= 4 is 29.3 Å². The maximum absolute atomic E-state index is 12.3. The molecule has 4 rings (SSSR count). The Morgan fingerprint density at radius 3 is 2.78 bits per heavy atom. The average molecular weight is 365 g/mol. The summed E-state index contributed by atoms with van der Waals surface area (Å²) in [7, 11) is 0. The molecule has 0 radical (unpaired) electrons. The van der Waals surface area contributed by atoms with Gasteiger partial charge in [-0.3, -0.25) is 9.59 Å². The van der Waals surface area contributed by atoms with Gasteiger partial charge >= 0.3 is 0 Å². The normalized spacial score (nSPS) is 19.7. The molecule has 3 heterocycles. The first-order chi connectivity index (χ1) is 13.0. The number of carbonyl (C=O) groups is 2. The Labute approximate surface area is 158 Å². The quantitative estimate of drug-likeness (QED) is 0.868. The van der Waals surface area contributed by atoms with Crippen LogP contribution < -0.4 is 16.0 Å². The van der Waals surface area contributed by atoms with E-state index in [9.17, 15) is 9.59 Å². The van der Waals surface area contributed by atoms with E-state index in [-0.39, 0.29) is 11.8 Å². The Morgan fingerprint density at radius 1 is 1.33 bits per heavy atom. The number of primary amides is 1. The summed E-state index contributed by atoms with van der Waals surface area (Å²) in [4.78, 5) is 26.6. The molecule has 2 aliphatic heterocycles. The molecule has 6 heteroatoms. The van der Waals surface area contributed by atoms with Gasteiger partial charge in [-0.05, 0) is 55.7 Å². The molecule has 1 atom stereocenters. The highest BCUT2D eigenvalue weighted by Gasteiger charge is 2.30. The van der Waals surface area contributed by atoms with Crippen molar-refractivity contribution in [2.75, 3.05) is 23.3 Å². The summed E-state index contributed by atoms with van der Waals surface area (Å²) in [5, 5.41) is 2.97. The number of fused-ring (bicyclic) bond motifs is 1. The Kier molecular flexibility index (Phi) is 4.48. The zero-order valence-corrected chi connectivity index (χ0v) is 15.3. The van der Waals surface area contributed by atoms with Crippen molar-refractivity contribution in [1.29, 1.82) is 0 Å². The zero-order chi connectivity index (χ0) is 19.0. The highest BCUT2D eigenvalue weighted by molar-refractivity contribution is 6.03. The first kappa shape index (κ1) is 17.4. The van der Waals surface area contributed by atoms with E-state index >= 15 is 0 Å². The van der Waals surface area contributed by atoms with Gasteiger partial charge in [0.25, 0.3) is 5.91 Å². The lowest BCUT2D eigenvalue weighted by atomic mass is 9.83. The molecule has 140 valence electrons. The SMILES string of the molecule is C/C(=C\c1ccco1)[C@H]1CC(=O)Nc2cc(N3CCCC3)c(C(N)=O)cc21. The van der Waals surface area contributed by atoms with Gasteiger partial charge < -0.3 is 20.4 Å². The molecule has 1 aromatic heterocycles. The van der Waals surface area contributed by atoms with Gasteiger partial charge in [0, 0.05) is 31.1 Å². The molecule has 2 amide bonds. The number of allylic oxidation sites excluding steroid dienone is 1. The third kappa shape index (κ3) is 3.35. The molecule has 0 aliphatic carbocycles. The van der Waals surface area contributed by atoms with Crippen LogP contribution in [0.1, 0.15) is 53.8 Å². The van der Waals surface area contributed by atoms with E-state index in [0.29, 0.717) is 12.0 Å². The van der Waals surface area contributed by atoms with E-state index in [4.69, 9.17) is 10.2 Å². The second-order valence-corrected chi connectivity index (χ2v) is 7.22. The molecule has 0 unspecified atom stereocenters. The predicted molar refractivity (Wildman–Crippen MR) is 105 cm³/mol. The van der Waals surface area contributed by atoms with Gasteiger partial charge in [0.2, 0.25) is 5.91 Å². The fourth-order valence-electron chi connectivity index (χ4n) is 4.02. The van der Waals surface area contributed by atoms with E-state index in [1.807, 2.05) is 37.3 Å². The lowest BCUT2D eigenvalue weighted by Crippen LogP contribution is -2.27. The Morgan fingerprint density at radius 2 is 2.11 bits per heavy atom. The summed E-state index contributed by atoms with van der Waals surface area (Å²) < 4.78 is 5.40. The molecule has 27 heavy (non-hydrogen) atoms. The molecule has 2 aromatic rings. The van der Waals surface area contributed by atoms with Crippen LogP contribution in [0.25, 0.3) is 6.08 Å². The van der Waals surface area contributed by atoms with Crippen LogP contribution in [0.15, 0.2) is 40.5 Å². The maximum Gasteiger partial charge on any atom is 0.250 e. The minimum atomic E-state index is -0.442. The number of nitrogens with two attached hydrogens (primary N) is 1. The molecule has 1 fully saturated rings. The van der Waals surface area contributed by atoms with Gasteiger partial charge in [-0.1, -0.05) is 5.57 Å². The van der Waals surface area contributed by atoms with Crippen molar-refractivity contribution in [3.05, 3.63) is 53.0 Å². The summed E-state index contributed by atoms with van der Waals surface area (Å²) in [6, 6.07) is 7.46. The lowest BCUT2D eigenvalue weighted by Gasteiger charge is -2.30. The number of anilines is 2. The molecule has 1 saturated heterocycles. The third-order valence-electron chi connectivity index (χ3n) is 5.38. The van der Waals surface area contributed by atoms with Crippen LogP contribution in [-0.2, 0) is 4.79 Å². The molecular weight excluding hydrogens is 342 g/mol. The van der Waals surface area contributed by atoms with Crippen molar-refractivity contribution in [2.24, 2.45) is 5.73 Å². The van der Waals surface area contributed by atoms with E-state index < -0.39 is 5.91 Å². The number of furan rings is 1. The lowest BCUT2D eigenvalue weighted by molar-refractivity contribution is -0.116. The van der Waals surface area contributed by atoms with Crippen molar-refractivity contribution in [2.45, 2.75) is 32.1 Å². The van der Waals surface area contributed by atoms with Gasteiger partial charge in [-0.15, -0.1) is 0 Å². The molecule has 0 bridgehead atoms. The molecule has 0 saturated carbocycles. The molecular formula is C21H23N3O3. The number of hydrogen-bond donors (Lipinski definition) is 2. The smallest absolute Gasteiger partial charge is 0.250 e. The number of benzene rings is 1. The van der Waals surface area contributed by atoms with Crippen molar-refractivity contribution < 1.29 is 14.0 Å². The van der Waals surface area contributed by atoms with E-state index in [2.05, 4.69) is 10.2 Å². The van der Waals surface area contributed by atoms with Gasteiger partial charge in [0.05, 0.1) is 17.5 Å². The number of amides is 2. The average Bonchev–Trinajstić information content (AvgIpc) is 3.33. The predicted octanol–water partition coefficient (Wildman–Crippen LogP) is 3.51. The number of carbonyl (C=O) groups excluding carboxylic acids is 2. The van der Waals surface area contributed by atoms with Crippen LogP contribution in [0.5, 0.6) is 0 Å². The first-order valence-electron chi connectivity index (χ1n) is 9.27. The third-order valence-corrected chi connectivity index (χ3v) is 5.38. The highest BCUT2D eigenvalue weighted by Crippen LogP contribution is 2.41. The van der Waals surface area contributed by atoms with Gasteiger partial charge in [0.1, 0.15) is 5.76 Å². The monoisotopic (exact) mass is 365 g/mol. The van der Waals surface area contributed by atoms with E-state index in [0.717, 1.165) is 54.2 Å². The fraction of sp³-hybridized carbons (Fsp3) is 0.333. The van der Waals surface area contributed by atoms with Crippen LogP contribution >= 0.6 is 0 Å². The standard InChI is InChI=1S/C21H23N3O3/c1-13(9-14-5-4-8-27-14)15-11-20(25)23-18-12-19(24-6-2-3-7-24)17(21(22)26)10-16(15)18/h4-5,8-10,12,15H,2-3,6-7,11H2,1H3,(H2,22,26)(H,23,25)/b13-9+/t15-/m1/s1. The van der Waals surface area contributed by atoms with Crippen LogP contribution in [-0.4, -0.2) is 24.9 Å². The Bertz CT molecular complexity index is 909. The van der Waals surface area contributed by atoms with Crippen LogP contribution in [0.2, 0.25) is 0 Å². The summed E-state index contributed by atoms with van der Waals surface area (Å²) >= 11 is 0. The Balaban J connectivity index is 1.79. The fourth-order valence-corrected chi connectivity index (χ4v) is 4.02. The minimum absolute atomic E-state index is 0.0288. The number of nitrogens with zero attached hydrogens (tertiary/aromatic N) is 1. The topological polar surface area (TPSA) is 88.6 Å². The first-order valence-corrected chi connectivity index (χ1v) is 9.27. The minimum Gasteiger partial charge on any atom is -0.465 e. The van der Waals surface area contributed by atoms with Crippen LogP contribution in [0.4, 0.5) is 11.4 Å². The molecule has 0 spiro atoms. The number of hydrogen-bond acceptors (Lipinski definition) is 4. The van der Waals surface area contributed by atoms with E-state index in [1.165, 1.54) is 0 Å². The summed E-state index contributed by atoms with van der Waals surface area (Å²) in [5.41, 5.74) is 9.71. The number of rotatable bonds is 4. The zero-order valence-electron chi connectivity index (χ0n) is 15.3.